The number of sulfonamides is 1. The molecule has 0 saturated heterocycles. The fraction of sp³-hybridized carbons (Fsp3) is 0.500. The highest BCUT2D eigenvalue weighted by Gasteiger charge is 2.26. The lowest BCUT2D eigenvalue weighted by molar-refractivity contribution is -0.141. The molecule has 1 atom stereocenters. The largest absolute Gasteiger partial charge is 0.481 e. The molecule has 0 amide bonds. The predicted molar refractivity (Wildman–Crippen MR) is 94.9 cm³/mol. The molecular weight excluding hydrogens is 348 g/mol. The Morgan fingerprint density at radius 2 is 2.00 bits per heavy atom. The van der Waals surface area contributed by atoms with Crippen LogP contribution in [0.1, 0.15) is 32.7 Å². The van der Waals surface area contributed by atoms with Crippen molar-refractivity contribution in [3.63, 3.8) is 0 Å². The van der Waals surface area contributed by atoms with E-state index in [2.05, 4.69) is 25.8 Å². The monoisotopic (exact) mass is 370 g/mol. The van der Waals surface area contributed by atoms with Crippen molar-refractivity contribution < 1.29 is 18.3 Å². The maximum absolute atomic E-state index is 12.7. The number of hydrogen-bond donors (Lipinski definition) is 1. The van der Waals surface area contributed by atoms with E-state index in [9.17, 15) is 13.2 Å². The number of hydrogen-bond acceptors (Lipinski definition) is 5. The SMILES string of the molecule is CC(CN(C)S(=O)(=O)c1ccc2nc(C(C)(C)C)sc2c1)C(=O)O. The van der Waals surface area contributed by atoms with Crippen molar-refractivity contribution in [2.75, 3.05) is 13.6 Å². The van der Waals surface area contributed by atoms with Crippen LogP contribution in [0.4, 0.5) is 0 Å². The summed E-state index contributed by atoms with van der Waals surface area (Å²) in [5.41, 5.74) is 0.668. The van der Waals surface area contributed by atoms with Crippen LogP contribution in [0.25, 0.3) is 10.2 Å². The molecule has 1 heterocycles. The van der Waals surface area contributed by atoms with Gasteiger partial charge < -0.3 is 5.11 Å². The first-order valence-electron chi connectivity index (χ1n) is 7.53. The van der Waals surface area contributed by atoms with Gasteiger partial charge in [0, 0.05) is 19.0 Å². The van der Waals surface area contributed by atoms with Gasteiger partial charge in [0.05, 0.1) is 26.0 Å². The van der Waals surface area contributed by atoms with E-state index in [-0.39, 0.29) is 16.9 Å². The highest BCUT2D eigenvalue weighted by atomic mass is 32.2. The molecule has 0 aliphatic rings. The zero-order valence-electron chi connectivity index (χ0n) is 14.4. The minimum Gasteiger partial charge on any atom is -0.481 e. The zero-order valence-corrected chi connectivity index (χ0v) is 16.0. The molecular formula is C16H22N2O4S2. The quantitative estimate of drug-likeness (QED) is 0.874. The minimum atomic E-state index is -3.74. The van der Waals surface area contributed by atoms with Gasteiger partial charge in [0.2, 0.25) is 10.0 Å². The summed E-state index contributed by atoms with van der Waals surface area (Å²) in [5, 5.41) is 9.90. The number of aliphatic carboxylic acids is 1. The average molecular weight is 370 g/mol. The Labute approximate surface area is 146 Å². The first kappa shape index (κ1) is 18.8. The number of aromatic nitrogens is 1. The van der Waals surface area contributed by atoms with E-state index in [1.165, 1.54) is 31.4 Å². The van der Waals surface area contributed by atoms with E-state index in [4.69, 9.17) is 5.11 Å². The summed E-state index contributed by atoms with van der Waals surface area (Å²) in [4.78, 5) is 15.6. The van der Waals surface area contributed by atoms with Crippen molar-refractivity contribution in [2.45, 2.75) is 38.0 Å². The number of carboxylic acid groups (broad SMARTS) is 1. The smallest absolute Gasteiger partial charge is 0.307 e. The number of nitrogens with zero attached hydrogens (tertiary/aromatic N) is 2. The summed E-state index contributed by atoms with van der Waals surface area (Å²) in [5.74, 6) is -1.80. The van der Waals surface area contributed by atoms with Gasteiger partial charge in [-0.3, -0.25) is 4.79 Å². The molecule has 1 aromatic heterocycles. The molecule has 0 radical (unpaired) electrons. The van der Waals surface area contributed by atoms with Gasteiger partial charge in [-0.2, -0.15) is 0 Å². The number of carbonyl (C=O) groups is 1. The average Bonchev–Trinajstić information content (AvgIpc) is 2.89. The zero-order chi connectivity index (χ0) is 18.3. The number of thiazole rings is 1. The highest BCUT2D eigenvalue weighted by Crippen LogP contribution is 2.32. The third kappa shape index (κ3) is 3.76. The summed E-state index contributed by atoms with van der Waals surface area (Å²) >= 11 is 1.48. The fourth-order valence-corrected chi connectivity index (χ4v) is 4.55. The first-order chi connectivity index (χ1) is 10.9. The highest BCUT2D eigenvalue weighted by molar-refractivity contribution is 7.89. The molecule has 0 fully saturated rings. The Hall–Kier alpha value is -1.51. The van der Waals surface area contributed by atoms with Gasteiger partial charge in [-0.15, -0.1) is 11.3 Å². The summed E-state index contributed by atoms with van der Waals surface area (Å²) < 4.78 is 27.2. The van der Waals surface area contributed by atoms with Crippen LogP contribution in [-0.2, 0) is 20.2 Å². The van der Waals surface area contributed by atoms with Gasteiger partial charge in [-0.1, -0.05) is 27.7 Å². The van der Waals surface area contributed by atoms with Gasteiger partial charge in [0.15, 0.2) is 0 Å². The molecule has 0 aliphatic carbocycles. The second-order valence-electron chi connectivity index (χ2n) is 6.92. The van der Waals surface area contributed by atoms with E-state index in [0.717, 1.165) is 19.5 Å². The van der Waals surface area contributed by atoms with E-state index in [1.54, 1.807) is 12.1 Å². The van der Waals surface area contributed by atoms with E-state index in [1.807, 2.05) is 0 Å². The van der Waals surface area contributed by atoms with Gasteiger partial charge in [-0.05, 0) is 18.2 Å². The third-order valence-electron chi connectivity index (χ3n) is 3.66. The number of fused-ring (bicyclic) bond motifs is 1. The van der Waals surface area contributed by atoms with E-state index in [0.29, 0.717) is 0 Å². The summed E-state index contributed by atoms with van der Waals surface area (Å²) in [6, 6.07) is 4.83. The van der Waals surface area contributed by atoms with Crippen molar-refractivity contribution in [2.24, 2.45) is 5.92 Å². The maximum Gasteiger partial charge on any atom is 0.307 e. The van der Waals surface area contributed by atoms with Crippen LogP contribution in [0, 0.1) is 5.92 Å². The molecule has 1 unspecified atom stereocenters. The van der Waals surface area contributed by atoms with Crippen LogP contribution in [0.5, 0.6) is 0 Å². The molecule has 132 valence electrons. The topological polar surface area (TPSA) is 87.6 Å². The molecule has 24 heavy (non-hydrogen) atoms. The van der Waals surface area contributed by atoms with Gasteiger partial charge >= 0.3 is 5.97 Å². The molecule has 6 nitrogen and oxygen atoms in total. The molecule has 2 aromatic rings. The lowest BCUT2D eigenvalue weighted by Gasteiger charge is -2.19. The normalized spacial score (nSPS) is 14.2. The Morgan fingerprint density at radius 1 is 1.38 bits per heavy atom. The van der Waals surface area contributed by atoms with E-state index < -0.39 is 21.9 Å². The molecule has 1 aromatic carbocycles. The molecule has 0 bridgehead atoms. The van der Waals surface area contributed by atoms with Crippen molar-refractivity contribution in [1.82, 2.24) is 9.29 Å². The predicted octanol–water partition coefficient (Wildman–Crippen LogP) is 2.94. The van der Waals surface area contributed by atoms with Crippen molar-refractivity contribution in [3.8, 4) is 0 Å². The molecule has 1 N–H and O–H groups in total. The fourth-order valence-electron chi connectivity index (χ4n) is 2.13. The second kappa shape index (κ2) is 6.42. The maximum atomic E-state index is 12.7. The van der Waals surface area contributed by atoms with Crippen LogP contribution in [-0.4, -0.2) is 42.4 Å². The molecule has 2 rings (SSSR count). The van der Waals surface area contributed by atoms with Gasteiger partial charge in [-0.25, -0.2) is 17.7 Å². The molecule has 0 saturated carbocycles. The Balaban J connectivity index is 2.38. The van der Waals surface area contributed by atoms with Crippen LogP contribution in [0.3, 0.4) is 0 Å². The molecule has 0 spiro atoms. The second-order valence-corrected chi connectivity index (χ2v) is 10.00. The number of carboxylic acids is 1. The van der Waals surface area contributed by atoms with Gasteiger partial charge in [0.25, 0.3) is 0 Å². The minimum absolute atomic E-state index is 0.0777. The number of benzene rings is 1. The summed E-state index contributed by atoms with van der Waals surface area (Å²) in [6.07, 6.45) is 0. The van der Waals surface area contributed by atoms with Crippen LogP contribution >= 0.6 is 11.3 Å². The summed E-state index contributed by atoms with van der Waals surface area (Å²) in [6.45, 7) is 7.58. The standard InChI is InChI=1S/C16H22N2O4S2/c1-10(14(19)20)9-18(5)24(21,22)11-6-7-12-13(8-11)23-15(17-12)16(2,3)4/h6-8,10H,9H2,1-5H3,(H,19,20). The first-order valence-corrected chi connectivity index (χ1v) is 9.79. The van der Waals surface area contributed by atoms with Crippen LogP contribution in [0.2, 0.25) is 0 Å². The van der Waals surface area contributed by atoms with E-state index >= 15 is 0 Å². The lowest BCUT2D eigenvalue weighted by atomic mass is 9.98. The lowest BCUT2D eigenvalue weighted by Crippen LogP contribution is -2.33. The number of rotatable bonds is 5. The van der Waals surface area contributed by atoms with Crippen LogP contribution < -0.4 is 0 Å². The molecule has 8 heteroatoms. The van der Waals surface area contributed by atoms with Crippen molar-refractivity contribution in [3.05, 3.63) is 23.2 Å². The Bertz CT molecular complexity index is 866. The third-order valence-corrected chi connectivity index (χ3v) is 6.93. The van der Waals surface area contributed by atoms with Crippen molar-refractivity contribution in [1.29, 1.82) is 0 Å². The summed E-state index contributed by atoms with van der Waals surface area (Å²) in [7, 11) is -2.34. The molecule has 0 aliphatic heterocycles. The Kier molecular flexibility index (Phi) is 5.03. The Morgan fingerprint density at radius 3 is 2.54 bits per heavy atom. The van der Waals surface area contributed by atoms with Crippen molar-refractivity contribution >= 4 is 37.5 Å². The van der Waals surface area contributed by atoms with Gasteiger partial charge in [0.1, 0.15) is 0 Å². The van der Waals surface area contributed by atoms with Crippen LogP contribution in [0.15, 0.2) is 23.1 Å².